The van der Waals surface area contributed by atoms with Crippen LogP contribution >= 0.6 is 0 Å². The first-order chi connectivity index (χ1) is 21.8. The maximum absolute atomic E-state index is 6.22. The molecular formula is C40H23N3O. The van der Waals surface area contributed by atoms with E-state index in [9.17, 15) is 0 Å². The third kappa shape index (κ3) is 3.22. The number of para-hydroxylation sites is 3. The van der Waals surface area contributed by atoms with Gasteiger partial charge in [-0.3, -0.25) is 4.57 Å². The lowest BCUT2D eigenvalue weighted by molar-refractivity contribution is 0.669. The molecular weight excluding hydrogens is 538 g/mol. The van der Waals surface area contributed by atoms with E-state index in [-0.39, 0.29) is 0 Å². The highest BCUT2D eigenvalue weighted by Gasteiger charge is 2.20. The highest BCUT2D eigenvalue weighted by molar-refractivity contribution is 6.24. The van der Waals surface area contributed by atoms with Crippen molar-refractivity contribution in [3.63, 3.8) is 0 Å². The Morgan fingerprint density at radius 1 is 0.455 bits per heavy atom. The fourth-order valence-corrected chi connectivity index (χ4v) is 7.01. The molecule has 4 heteroatoms. The van der Waals surface area contributed by atoms with Crippen molar-refractivity contribution >= 4 is 76.2 Å². The summed E-state index contributed by atoms with van der Waals surface area (Å²) in [5.41, 5.74) is 6.93. The Labute approximate surface area is 251 Å². The smallest absolute Gasteiger partial charge is 0.235 e. The van der Waals surface area contributed by atoms with Crippen molar-refractivity contribution in [3.05, 3.63) is 140 Å². The maximum Gasteiger partial charge on any atom is 0.235 e. The number of benzene rings is 7. The molecule has 0 fully saturated rings. The molecule has 0 atom stereocenters. The molecule has 0 aliphatic carbocycles. The minimum Gasteiger partial charge on any atom is -0.456 e. The van der Waals surface area contributed by atoms with Gasteiger partial charge >= 0.3 is 0 Å². The molecule has 204 valence electrons. The van der Waals surface area contributed by atoms with Gasteiger partial charge in [0.1, 0.15) is 11.2 Å². The fourth-order valence-electron chi connectivity index (χ4n) is 7.01. The molecule has 3 aromatic heterocycles. The van der Waals surface area contributed by atoms with Gasteiger partial charge in [-0.05, 0) is 46.5 Å². The second kappa shape index (κ2) is 8.76. The van der Waals surface area contributed by atoms with Gasteiger partial charge < -0.3 is 4.42 Å². The summed E-state index contributed by atoms with van der Waals surface area (Å²) in [6.07, 6.45) is 0. The normalized spacial score (nSPS) is 12.1. The van der Waals surface area contributed by atoms with Crippen LogP contribution in [0.15, 0.2) is 144 Å². The van der Waals surface area contributed by atoms with E-state index in [4.69, 9.17) is 14.4 Å². The molecule has 0 radical (unpaired) electrons. The van der Waals surface area contributed by atoms with E-state index in [2.05, 4.69) is 120 Å². The standard InChI is InChI=1S/C40H23N3O/c1-2-10-24(11-3-1)38-31-14-4-7-15-34(31)41-40(42-38)43-35-16-8-5-12-27(35)30-21-20-26-29(39(30)43)19-18-25-22-37-33(23-32(25)26)28-13-6-9-17-36(28)44-37/h1-23H. The number of fused-ring (bicyclic) bond motifs is 11. The van der Waals surface area contributed by atoms with Crippen LogP contribution in [0.3, 0.4) is 0 Å². The summed E-state index contributed by atoms with van der Waals surface area (Å²) in [5, 5.41) is 10.4. The monoisotopic (exact) mass is 561 g/mol. The lowest BCUT2D eigenvalue weighted by Gasteiger charge is -2.13. The first-order valence-electron chi connectivity index (χ1n) is 14.8. The molecule has 0 unspecified atom stereocenters. The Morgan fingerprint density at radius 2 is 1.16 bits per heavy atom. The van der Waals surface area contributed by atoms with Crippen LogP contribution in [0.4, 0.5) is 0 Å². The van der Waals surface area contributed by atoms with Crippen LogP contribution in [0.2, 0.25) is 0 Å². The van der Waals surface area contributed by atoms with Crippen LogP contribution in [0.1, 0.15) is 0 Å². The van der Waals surface area contributed by atoms with E-state index < -0.39 is 0 Å². The molecule has 4 nitrogen and oxygen atoms in total. The first kappa shape index (κ1) is 23.6. The van der Waals surface area contributed by atoms with Gasteiger partial charge in [0.2, 0.25) is 5.95 Å². The molecule has 0 amide bonds. The zero-order valence-corrected chi connectivity index (χ0v) is 23.5. The SMILES string of the molecule is c1ccc(-c2nc(-n3c4ccccc4c4ccc5c6cc7c(cc6ccc5c43)oc3ccccc37)nc3ccccc23)cc1. The van der Waals surface area contributed by atoms with Crippen molar-refractivity contribution in [2.75, 3.05) is 0 Å². The predicted octanol–water partition coefficient (Wildman–Crippen LogP) is 10.6. The number of rotatable bonds is 2. The average molecular weight is 562 g/mol. The lowest BCUT2D eigenvalue weighted by atomic mass is 9.98. The summed E-state index contributed by atoms with van der Waals surface area (Å²) in [5.74, 6) is 0.664. The summed E-state index contributed by atoms with van der Waals surface area (Å²) in [6, 6.07) is 48.9. The van der Waals surface area contributed by atoms with E-state index in [1.54, 1.807) is 0 Å². The molecule has 0 saturated heterocycles. The molecule has 3 heterocycles. The van der Waals surface area contributed by atoms with E-state index in [0.717, 1.165) is 65.9 Å². The zero-order chi connectivity index (χ0) is 28.8. The molecule has 7 aromatic carbocycles. The number of aromatic nitrogens is 3. The molecule has 0 N–H and O–H groups in total. The predicted molar refractivity (Wildman–Crippen MR) is 182 cm³/mol. The Morgan fingerprint density at radius 3 is 2.07 bits per heavy atom. The molecule has 44 heavy (non-hydrogen) atoms. The van der Waals surface area contributed by atoms with Crippen molar-refractivity contribution in [3.8, 4) is 17.2 Å². The van der Waals surface area contributed by atoms with Gasteiger partial charge in [-0.15, -0.1) is 0 Å². The molecule has 0 aliphatic heterocycles. The minimum atomic E-state index is 0.664. The topological polar surface area (TPSA) is 43.9 Å². The molecule has 0 bridgehead atoms. The number of hydrogen-bond acceptors (Lipinski definition) is 3. The summed E-state index contributed by atoms with van der Waals surface area (Å²) in [4.78, 5) is 10.5. The number of furan rings is 1. The molecule has 0 spiro atoms. The van der Waals surface area contributed by atoms with Crippen molar-refractivity contribution < 1.29 is 4.42 Å². The van der Waals surface area contributed by atoms with Crippen molar-refractivity contribution in [2.24, 2.45) is 0 Å². The zero-order valence-electron chi connectivity index (χ0n) is 23.5. The minimum absolute atomic E-state index is 0.664. The fraction of sp³-hybridized carbons (Fsp3) is 0. The Balaban J connectivity index is 1.35. The van der Waals surface area contributed by atoms with Crippen LogP contribution in [0.5, 0.6) is 0 Å². The summed E-state index contributed by atoms with van der Waals surface area (Å²) >= 11 is 0. The van der Waals surface area contributed by atoms with E-state index >= 15 is 0 Å². The van der Waals surface area contributed by atoms with E-state index in [0.29, 0.717) is 5.95 Å². The highest BCUT2D eigenvalue weighted by atomic mass is 16.3. The van der Waals surface area contributed by atoms with Gasteiger partial charge in [0, 0.05) is 37.9 Å². The van der Waals surface area contributed by atoms with Crippen molar-refractivity contribution in [1.29, 1.82) is 0 Å². The third-order valence-corrected chi connectivity index (χ3v) is 8.98. The lowest BCUT2D eigenvalue weighted by Crippen LogP contribution is -2.03. The molecule has 0 aliphatic rings. The highest BCUT2D eigenvalue weighted by Crippen LogP contribution is 2.41. The van der Waals surface area contributed by atoms with Crippen LogP contribution in [-0.4, -0.2) is 14.5 Å². The molecule has 0 saturated carbocycles. The van der Waals surface area contributed by atoms with Crippen LogP contribution in [0.25, 0.3) is 93.4 Å². The quantitative estimate of drug-likeness (QED) is 0.197. The third-order valence-electron chi connectivity index (χ3n) is 8.98. The Kier molecular flexibility index (Phi) is 4.69. The van der Waals surface area contributed by atoms with Gasteiger partial charge in [0.05, 0.1) is 22.2 Å². The van der Waals surface area contributed by atoms with Gasteiger partial charge in [-0.2, -0.15) is 0 Å². The molecule has 10 rings (SSSR count). The largest absolute Gasteiger partial charge is 0.456 e. The van der Waals surface area contributed by atoms with Gasteiger partial charge in [0.15, 0.2) is 0 Å². The van der Waals surface area contributed by atoms with Crippen LogP contribution in [-0.2, 0) is 0 Å². The van der Waals surface area contributed by atoms with Crippen LogP contribution < -0.4 is 0 Å². The average Bonchev–Trinajstić information content (AvgIpc) is 3.62. The van der Waals surface area contributed by atoms with E-state index in [1.165, 1.54) is 21.5 Å². The van der Waals surface area contributed by atoms with Crippen molar-refractivity contribution in [1.82, 2.24) is 14.5 Å². The maximum atomic E-state index is 6.22. The van der Waals surface area contributed by atoms with Gasteiger partial charge in [-0.25, -0.2) is 9.97 Å². The Hall–Kier alpha value is -6.00. The second-order valence-electron chi connectivity index (χ2n) is 11.4. The summed E-state index contributed by atoms with van der Waals surface area (Å²) < 4.78 is 8.48. The summed E-state index contributed by atoms with van der Waals surface area (Å²) in [7, 11) is 0. The van der Waals surface area contributed by atoms with E-state index in [1.807, 2.05) is 24.3 Å². The van der Waals surface area contributed by atoms with Gasteiger partial charge in [-0.1, -0.05) is 109 Å². The number of nitrogens with zero attached hydrogens (tertiary/aromatic N) is 3. The number of hydrogen-bond donors (Lipinski definition) is 0. The first-order valence-corrected chi connectivity index (χ1v) is 14.8. The van der Waals surface area contributed by atoms with Crippen molar-refractivity contribution in [2.45, 2.75) is 0 Å². The van der Waals surface area contributed by atoms with Gasteiger partial charge in [0.25, 0.3) is 0 Å². The molecule has 10 aromatic rings. The second-order valence-corrected chi connectivity index (χ2v) is 11.4. The van der Waals surface area contributed by atoms with Crippen LogP contribution in [0, 0.1) is 0 Å². The Bertz CT molecular complexity index is 2770. The summed E-state index contributed by atoms with van der Waals surface area (Å²) in [6.45, 7) is 0.